The molecule has 1 aromatic carbocycles. The van der Waals surface area contributed by atoms with Crippen LogP contribution in [0.4, 0.5) is 0 Å². The summed E-state index contributed by atoms with van der Waals surface area (Å²) >= 11 is 0. The summed E-state index contributed by atoms with van der Waals surface area (Å²) in [6.07, 6.45) is 6.11. The monoisotopic (exact) mass is 390 g/mol. The van der Waals surface area contributed by atoms with Crippen LogP contribution >= 0.6 is 0 Å². The van der Waals surface area contributed by atoms with Crippen LogP contribution in [0.25, 0.3) is 0 Å². The minimum Gasteiger partial charge on any atom is -0.332 e. The molecule has 152 valence electrons. The van der Waals surface area contributed by atoms with Gasteiger partial charge in [-0.15, -0.1) is 0 Å². The smallest absolute Gasteiger partial charge is 0.277 e. The molecule has 1 aliphatic carbocycles. The molecule has 1 saturated heterocycles. The molecule has 1 saturated carbocycles. The first-order valence-corrected chi connectivity index (χ1v) is 11.3. The lowest BCUT2D eigenvalue weighted by Crippen LogP contribution is -2.39. The van der Waals surface area contributed by atoms with Gasteiger partial charge in [0.05, 0.1) is 5.56 Å². The number of nitrogens with zero attached hydrogens (tertiary/aromatic N) is 4. The van der Waals surface area contributed by atoms with Crippen LogP contribution in [0, 0.1) is 5.92 Å². The van der Waals surface area contributed by atoms with Crippen molar-refractivity contribution in [3.05, 3.63) is 63.3 Å². The molecular formula is C24H30N4O. The number of rotatable bonds is 4. The molecule has 6 rings (SSSR count). The number of benzene rings is 1. The van der Waals surface area contributed by atoms with Crippen LogP contribution in [0.15, 0.2) is 35.1 Å². The fraction of sp³-hybridized carbons (Fsp3) is 0.583. The van der Waals surface area contributed by atoms with Crippen molar-refractivity contribution in [3.8, 4) is 0 Å². The highest BCUT2D eigenvalue weighted by atomic mass is 16.1. The van der Waals surface area contributed by atoms with E-state index in [-0.39, 0.29) is 11.0 Å². The maximum atomic E-state index is 13.1. The average molecular weight is 391 g/mol. The van der Waals surface area contributed by atoms with Crippen LogP contribution < -0.4 is 5.56 Å². The first-order valence-electron chi connectivity index (χ1n) is 11.3. The van der Waals surface area contributed by atoms with Gasteiger partial charge in [-0.05, 0) is 43.7 Å². The molecule has 29 heavy (non-hydrogen) atoms. The predicted octanol–water partition coefficient (Wildman–Crippen LogP) is 2.56. The third-order valence-electron chi connectivity index (χ3n) is 7.63. The molecule has 1 unspecified atom stereocenters. The summed E-state index contributed by atoms with van der Waals surface area (Å²) in [7, 11) is 0. The SMILES string of the molecule is O=c1nc2n(c3c1CN(Cc1ccccc1)CC3)CCC21CCN(CC2CC2)C1. The maximum absolute atomic E-state index is 13.1. The second-order valence-electron chi connectivity index (χ2n) is 9.72. The summed E-state index contributed by atoms with van der Waals surface area (Å²) in [5, 5.41) is 0. The largest absolute Gasteiger partial charge is 0.332 e. The standard InChI is InChI=1S/C24H30N4O/c29-22-20-16-26(14-18-4-2-1-3-5-18)11-8-21(20)28-13-10-24(23(28)25-22)9-12-27(17-24)15-19-6-7-19/h1-5,19H,6-17H2. The van der Waals surface area contributed by atoms with Crippen LogP contribution in [-0.4, -0.2) is 45.5 Å². The topological polar surface area (TPSA) is 41.4 Å². The number of hydrogen-bond acceptors (Lipinski definition) is 4. The van der Waals surface area contributed by atoms with E-state index < -0.39 is 0 Å². The third kappa shape index (κ3) is 3.15. The van der Waals surface area contributed by atoms with Gasteiger partial charge in [-0.1, -0.05) is 30.3 Å². The zero-order chi connectivity index (χ0) is 19.4. The minimum atomic E-state index is 0.0333. The first-order chi connectivity index (χ1) is 14.2. The second-order valence-corrected chi connectivity index (χ2v) is 9.72. The molecule has 0 amide bonds. The molecule has 1 aromatic heterocycles. The van der Waals surface area contributed by atoms with Crippen molar-refractivity contribution in [2.75, 3.05) is 26.2 Å². The quantitative estimate of drug-likeness (QED) is 0.805. The number of aromatic nitrogens is 2. The summed E-state index contributed by atoms with van der Waals surface area (Å²) in [6.45, 7) is 7.24. The van der Waals surface area contributed by atoms with Crippen LogP contribution in [-0.2, 0) is 31.5 Å². The van der Waals surface area contributed by atoms with Crippen molar-refractivity contribution in [2.45, 2.75) is 57.2 Å². The Morgan fingerprint density at radius 2 is 1.86 bits per heavy atom. The Morgan fingerprint density at radius 1 is 1.03 bits per heavy atom. The predicted molar refractivity (Wildman–Crippen MR) is 113 cm³/mol. The summed E-state index contributed by atoms with van der Waals surface area (Å²) in [4.78, 5) is 22.8. The molecule has 5 heteroatoms. The van der Waals surface area contributed by atoms with Crippen LogP contribution in [0.3, 0.4) is 0 Å². The molecule has 2 aromatic rings. The lowest BCUT2D eigenvalue weighted by molar-refractivity contribution is 0.238. The highest BCUT2D eigenvalue weighted by Crippen LogP contribution is 2.43. The second kappa shape index (κ2) is 6.78. The molecule has 5 nitrogen and oxygen atoms in total. The minimum absolute atomic E-state index is 0.0333. The first kappa shape index (κ1) is 17.8. The Balaban J connectivity index is 1.26. The Labute approximate surface area is 172 Å². The summed E-state index contributed by atoms with van der Waals surface area (Å²) < 4.78 is 2.44. The van der Waals surface area contributed by atoms with Gasteiger partial charge in [0.15, 0.2) is 0 Å². The van der Waals surface area contributed by atoms with Gasteiger partial charge in [0, 0.05) is 56.8 Å². The summed E-state index contributed by atoms with van der Waals surface area (Å²) in [5.41, 5.74) is 3.70. The van der Waals surface area contributed by atoms with E-state index in [0.717, 1.165) is 62.9 Å². The lowest BCUT2D eigenvalue weighted by atomic mass is 9.85. The fourth-order valence-electron chi connectivity index (χ4n) is 5.88. The van der Waals surface area contributed by atoms with E-state index in [1.54, 1.807) is 0 Å². The molecule has 1 spiro atoms. The maximum Gasteiger partial charge on any atom is 0.277 e. The number of hydrogen-bond donors (Lipinski definition) is 0. The lowest BCUT2D eigenvalue weighted by Gasteiger charge is -2.31. The van der Waals surface area contributed by atoms with E-state index in [9.17, 15) is 4.79 Å². The van der Waals surface area contributed by atoms with Crippen molar-refractivity contribution < 1.29 is 0 Å². The molecule has 4 heterocycles. The summed E-state index contributed by atoms with van der Waals surface area (Å²) in [5.74, 6) is 2.04. The van der Waals surface area contributed by atoms with Gasteiger partial charge in [0.1, 0.15) is 5.82 Å². The number of fused-ring (bicyclic) bond motifs is 4. The van der Waals surface area contributed by atoms with Crippen LogP contribution in [0.2, 0.25) is 0 Å². The third-order valence-corrected chi connectivity index (χ3v) is 7.63. The Bertz CT molecular complexity index is 980. The molecular weight excluding hydrogens is 360 g/mol. The van der Waals surface area contributed by atoms with E-state index >= 15 is 0 Å². The molecule has 1 atom stereocenters. The molecule has 4 aliphatic rings. The molecule has 0 bridgehead atoms. The van der Waals surface area contributed by atoms with E-state index in [0.29, 0.717) is 0 Å². The van der Waals surface area contributed by atoms with Gasteiger partial charge >= 0.3 is 0 Å². The highest BCUT2D eigenvalue weighted by molar-refractivity contribution is 5.29. The normalized spacial score (nSPS) is 26.8. The molecule has 0 N–H and O–H groups in total. The van der Waals surface area contributed by atoms with Gasteiger partial charge in [-0.3, -0.25) is 9.69 Å². The van der Waals surface area contributed by atoms with Crippen molar-refractivity contribution >= 4 is 0 Å². The van der Waals surface area contributed by atoms with Gasteiger partial charge in [-0.25, -0.2) is 0 Å². The van der Waals surface area contributed by atoms with Crippen molar-refractivity contribution in [2.24, 2.45) is 5.92 Å². The fourth-order valence-corrected chi connectivity index (χ4v) is 5.88. The van der Waals surface area contributed by atoms with E-state index in [4.69, 9.17) is 4.98 Å². The van der Waals surface area contributed by atoms with Gasteiger partial charge in [-0.2, -0.15) is 4.98 Å². The van der Waals surface area contributed by atoms with Gasteiger partial charge < -0.3 is 9.47 Å². The molecule has 3 aliphatic heterocycles. The summed E-state index contributed by atoms with van der Waals surface area (Å²) in [6, 6.07) is 10.6. The Kier molecular flexibility index (Phi) is 4.17. The van der Waals surface area contributed by atoms with E-state index in [2.05, 4.69) is 44.7 Å². The Hall–Kier alpha value is -1.98. The van der Waals surface area contributed by atoms with Crippen molar-refractivity contribution in [1.82, 2.24) is 19.4 Å². The number of likely N-dealkylation sites (tertiary alicyclic amines) is 1. The highest BCUT2D eigenvalue weighted by Gasteiger charge is 2.47. The zero-order valence-corrected chi connectivity index (χ0v) is 17.1. The van der Waals surface area contributed by atoms with E-state index in [1.165, 1.54) is 43.6 Å². The van der Waals surface area contributed by atoms with Crippen molar-refractivity contribution in [3.63, 3.8) is 0 Å². The van der Waals surface area contributed by atoms with Crippen LogP contribution in [0.5, 0.6) is 0 Å². The molecule has 2 fully saturated rings. The molecule has 0 radical (unpaired) electrons. The zero-order valence-electron chi connectivity index (χ0n) is 17.1. The van der Waals surface area contributed by atoms with E-state index in [1.807, 2.05) is 0 Å². The van der Waals surface area contributed by atoms with Gasteiger partial charge in [0.25, 0.3) is 5.56 Å². The van der Waals surface area contributed by atoms with Gasteiger partial charge in [0.2, 0.25) is 0 Å². The van der Waals surface area contributed by atoms with Crippen molar-refractivity contribution in [1.29, 1.82) is 0 Å². The Morgan fingerprint density at radius 3 is 2.69 bits per heavy atom. The average Bonchev–Trinajstić information content (AvgIpc) is 3.36. The van der Waals surface area contributed by atoms with Crippen LogP contribution in [0.1, 0.15) is 48.3 Å².